The maximum Gasteiger partial charge on any atom is 0.302 e. The van der Waals surface area contributed by atoms with Gasteiger partial charge in [0, 0.05) is 30.6 Å². The van der Waals surface area contributed by atoms with E-state index in [4.69, 9.17) is 4.74 Å². The first-order chi connectivity index (χ1) is 12.4. The molecule has 6 unspecified atom stereocenters. The fourth-order valence-corrected chi connectivity index (χ4v) is 6.78. The van der Waals surface area contributed by atoms with Gasteiger partial charge in [-0.05, 0) is 56.3 Å². The fourth-order valence-electron chi connectivity index (χ4n) is 6.78. The van der Waals surface area contributed by atoms with Crippen LogP contribution in [-0.4, -0.2) is 29.3 Å². The summed E-state index contributed by atoms with van der Waals surface area (Å²) < 4.78 is 5.47. The number of Topliss-reactive ketones (excluding diaryl/α,β-unsaturated/α-hetero) is 1. The minimum absolute atomic E-state index is 0.0718. The van der Waals surface area contributed by atoms with Crippen molar-refractivity contribution in [1.82, 2.24) is 0 Å². The first-order valence-electron chi connectivity index (χ1n) is 9.99. The SMILES string of the molecule is CC(=O)OC1CCC2(/C=N\O)C(=CCC3C4CCC(=O)C4(C)CCC32)C1. The molecule has 0 aromatic carbocycles. The van der Waals surface area contributed by atoms with E-state index in [1.54, 1.807) is 6.21 Å². The van der Waals surface area contributed by atoms with Crippen LogP contribution in [0.1, 0.15) is 65.2 Å². The van der Waals surface area contributed by atoms with Crippen LogP contribution in [0.15, 0.2) is 16.8 Å². The number of esters is 1. The average molecular weight is 359 g/mol. The second-order valence-corrected chi connectivity index (χ2v) is 9.02. The van der Waals surface area contributed by atoms with E-state index in [0.29, 0.717) is 23.5 Å². The zero-order valence-corrected chi connectivity index (χ0v) is 15.7. The van der Waals surface area contributed by atoms with E-state index in [0.717, 1.165) is 51.4 Å². The first kappa shape index (κ1) is 17.7. The first-order valence-corrected chi connectivity index (χ1v) is 9.99. The number of carbonyl (C=O) groups is 2. The van der Waals surface area contributed by atoms with Gasteiger partial charge < -0.3 is 9.94 Å². The Morgan fingerprint density at radius 1 is 1.31 bits per heavy atom. The Morgan fingerprint density at radius 2 is 2.12 bits per heavy atom. The molecule has 4 rings (SSSR count). The quantitative estimate of drug-likeness (QED) is 0.267. The van der Waals surface area contributed by atoms with E-state index in [2.05, 4.69) is 18.2 Å². The molecule has 0 aliphatic heterocycles. The number of ether oxygens (including phenoxy) is 1. The Hall–Kier alpha value is -1.65. The molecule has 6 atom stereocenters. The molecule has 4 aliphatic carbocycles. The number of oxime groups is 1. The van der Waals surface area contributed by atoms with Gasteiger partial charge >= 0.3 is 5.97 Å². The lowest BCUT2D eigenvalue weighted by atomic mass is 9.48. The van der Waals surface area contributed by atoms with E-state index in [-0.39, 0.29) is 22.9 Å². The highest BCUT2D eigenvalue weighted by Gasteiger charge is 2.59. The molecule has 0 spiro atoms. The molecular weight excluding hydrogens is 330 g/mol. The Kier molecular flexibility index (Phi) is 4.24. The van der Waals surface area contributed by atoms with Crippen molar-refractivity contribution < 1.29 is 19.5 Å². The van der Waals surface area contributed by atoms with Crippen LogP contribution >= 0.6 is 0 Å². The van der Waals surface area contributed by atoms with Crippen LogP contribution < -0.4 is 0 Å². The van der Waals surface area contributed by atoms with Gasteiger partial charge in [0.15, 0.2) is 0 Å². The van der Waals surface area contributed by atoms with Crippen molar-refractivity contribution in [2.45, 2.75) is 71.3 Å². The third-order valence-electron chi connectivity index (χ3n) is 7.99. The summed E-state index contributed by atoms with van der Waals surface area (Å²) in [5.74, 6) is 1.55. The molecule has 0 bridgehead atoms. The molecule has 0 amide bonds. The highest BCUT2D eigenvalue weighted by atomic mass is 16.5. The van der Waals surface area contributed by atoms with Crippen LogP contribution in [0.2, 0.25) is 0 Å². The molecule has 5 nitrogen and oxygen atoms in total. The summed E-state index contributed by atoms with van der Waals surface area (Å²) in [7, 11) is 0. The zero-order chi connectivity index (χ0) is 18.5. The molecule has 0 heterocycles. The summed E-state index contributed by atoms with van der Waals surface area (Å²) in [6, 6.07) is 0. The van der Waals surface area contributed by atoms with Crippen molar-refractivity contribution in [3.8, 4) is 0 Å². The molecule has 3 saturated carbocycles. The van der Waals surface area contributed by atoms with Crippen LogP contribution in [0, 0.1) is 28.6 Å². The lowest BCUT2D eigenvalue weighted by molar-refractivity contribution is -0.148. The molecular formula is C21H29NO4. The lowest BCUT2D eigenvalue weighted by Gasteiger charge is -2.56. The molecule has 142 valence electrons. The van der Waals surface area contributed by atoms with Gasteiger partial charge in [0.25, 0.3) is 0 Å². The summed E-state index contributed by atoms with van der Waals surface area (Å²) in [6.07, 6.45) is 11.0. The molecule has 0 radical (unpaired) electrons. The maximum atomic E-state index is 12.5. The summed E-state index contributed by atoms with van der Waals surface area (Å²) in [6.45, 7) is 3.63. The largest absolute Gasteiger partial charge is 0.462 e. The van der Waals surface area contributed by atoms with E-state index >= 15 is 0 Å². The van der Waals surface area contributed by atoms with Crippen LogP contribution in [0.4, 0.5) is 0 Å². The molecule has 26 heavy (non-hydrogen) atoms. The van der Waals surface area contributed by atoms with Gasteiger partial charge in [0.1, 0.15) is 11.9 Å². The summed E-state index contributed by atoms with van der Waals surface area (Å²) in [5.41, 5.74) is 0.877. The van der Waals surface area contributed by atoms with Crippen LogP contribution in [0.5, 0.6) is 0 Å². The number of hydrogen-bond acceptors (Lipinski definition) is 5. The molecule has 0 aromatic rings. The number of hydrogen-bond donors (Lipinski definition) is 1. The Balaban J connectivity index is 1.67. The van der Waals surface area contributed by atoms with Crippen molar-refractivity contribution in [3.05, 3.63) is 11.6 Å². The van der Waals surface area contributed by atoms with Gasteiger partial charge in [-0.3, -0.25) is 9.59 Å². The fraction of sp³-hybridized carbons (Fsp3) is 0.762. The summed E-state index contributed by atoms with van der Waals surface area (Å²) in [5, 5.41) is 12.9. The molecule has 0 aromatic heterocycles. The number of ketones is 1. The second kappa shape index (κ2) is 6.21. The molecule has 3 fully saturated rings. The van der Waals surface area contributed by atoms with Crippen molar-refractivity contribution in [2.75, 3.05) is 0 Å². The predicted octanol–water partition coefficient (Wildman–Crippen LogP) is 3.89. The lowest BCUT2D eigenvalue weighted by Crippen LogP contribution is -2.52. The van der Waals surface area contributed by atoms with Crippen molar-refractivity contribution in [1.29, 1.82) is 0 Å². The predicted molar refractivity (Wildman–Crippen MR) is 96.9 cm³/mol. The average Bonchev–Trinajstić information content (AvgIpc) is 2.90. The van der Waals surface area contributed by atoms with Crippen LogP contribution in [0.3, 0.4) is 0 Å². The molecule has 1 N–H and O–H groups in total. The minimum atomic E-state index is -0.235. The number of nitrogens with zero attached hydrogens (tertiary/aromatic N) is 1. The Morgan fingerprint density at radius 3 is 2.85 bits per heavy atom. The van der Waals surface area contributed by atoms with Crippen molar-refractivity contribution in [3.63, 3.8) is 0 Å². The standard InChI is InChI=1S/C21H29NO4/c1-13(23)26-15-7-10-21(12-22-25)14(11-15)3-4-16-17-5-6-19(24)20(17,2)9-8-18(16)21/h3,12,15-18,25H,4-11H2,1-2H3/b22-12-. The molecule has 5 heteroatoms. The highest BCUT2D eigenvalue weighted by molar-refractivity contribution is 5.87. The topological polar surface area (TPSA) is 76.0 Å². The monoisotopic (exact) mass is 359 g/mol. The number of allylic oxidation sites excluding steroid dienone is 1. The summed E-state index contributed by atoms with van der Waals surface area (Å²) >= 11 is 0. The van der Waals surface area contributed by atoms with Gasteiger partial charge in [0.05, 0.1) is 6.21 Å². The normalized spacial score (nSPS) is 44.8. The van der Waals surface area contributed by atoms with E-state index < -0.39 is 0 Å². The zero-order valence-electron chi connectivity index (χ0n) is 15.7. The van der Waals surface area contributed by atoms with Gasteiger partial charge in [-0.2, -0.15) is 0 Å². The van der Waals surface area contributed by atoms with E-state index in [1.807, 2.05) is 0 Å². The number of rotatable bonds is 2. The third-order valence-corrected chi connectivity index (χ3v) is 7.99. The van der Waals surface area contributed by atoms with E-state index in [1.165, 1.54) is 12.5 Å². The van der Waals surface area contributed by atoms with Gasteiger partial charge in [-0.15, -0.1) is 5.16 Å². The van der Waals surface area contributed by atoms with Crippen LogP contribution in [-0.2, 0) is 14.3 Å². The molecule has 0 saturated heterocycles. The Labute approximate surface area is 154 Å². The van der Waals surface area contributed by atoms with E-state index in [9.17, 15) is 14.8 Å². The summed E-state index contributed by atoms with van der Waals surface area (Å²) in [4.78, 5) is 23.9. The Bertz CT molecular complexity index is 683. The maximum absolute atomic E-state index is 12.5. The second-order valence-electron chi connectivity index (χ2n) is 9.02. The van der Waals surface area contributed by atoms with Gasteiger partial charge in [-0.25, -0.2) is 0 Å². The van der Waals surface area contributed by atoms with Crippen LogP contribution in [0.25, 0.3) is 0 Å². The van der Waals surface area contributed by atoms with Crippen molar-refractivity contribution in [2.24, 2.45) is 33.7 Å². The smallest absolute Gasteiger partial charge is 0.302 e. The number of fused-ring (bicyclic) bond motifs is 5. The number of carbonyl (C=O) groups excluding carboxylic acids is 2. The van der Waals surface area contributed by atoms with Gasteiger partial charge in [-0.1, -0.05) is 18.6 Å². The highest BCUT2D eigenvalue weighted by Crippen LogP contribution is 2.63. The minimum Gasteiger partial charge on any atom is -0.462 e. The van der Waals surface area contributed by atoms with Crippen molar-refractivity contribution >= 4 is 18.0 Å². The van der Waals surface area contributed by atoms with Gasteiger partial charge in [0.2, 0.25) is 0 Å². The molecule has 4 aliphatic rings. The third kappa shape index (κ3) is 2.46.